The molecule has 1 fully saturated rings. The molecule has 1 atom stereocenters. The van der Waals surface area contributed by atoms with Gasteiger partial charge in [-0.25, -0.2) is 4.57 Å². The van der Waals surface area contributed by atoms with E-state index in [9.17, 15) is 9.77 Å². The van der Waals surface area contributed by atoms with Gasteiger partial charge in [0.15, 0.2) is 0 Å². The Bertz CT molecular complexity index is 325. The van der Waals surface area contributed by atoms with Crippen molar-refractivity contribution < 1.29 is 24.1 Å². The Hall–Kier alpha value is 0.0300. The molecule has 101 valence electrons. The van der Waals surface area contributed by atoms with Crippen molar-refractivity contribution >= 4 is 7.82 Å². The van der Waals surface area contributed by atoms with Gasteiger partial charge < -0.3 is 9.79 Å². The van der Waals surface area contributed by atoms with Crippen LogP contribution in [-0.2, 0) is 14.3 Å². The highest BCUT2D eigenvalue weighted by atomic mass is 31.2. The molecular weight excluding hydrogens is 245 g/mol. The van der Waals surface area contributed by atoms with Gasteiger partial charge in [0.1, 0.15) is 0 Å². The maximum Gasteiger partial charge on any atom is 0.469 e. The molecule has 0 aromatic carbocycles. The van der Waals surface area contributed by atoms with Gasteiger partial charge in [-0.2, -0.15) is 0 Å². The Labute approximate surface area is 102 Å². The lowest BCUT2D eigenvalue weighted by atomic mass is 9.95. The predicted molar refractivity (Wildman–Crippen MR) is 61.5 cm³/mol. The summed E-state index contributed by atoms with van der Waals surface area (Å²) in [5.41, 5.74) is -1.24. The van der Waals surface area contributed by atoms with Crippen molar-refractivity contribution in [2.45, 2.75) is 64.1 Å². The van der Waals surface area contributed by atoms with Crippen LogP contribution < -0.4 is 0 Å². The first-order chi connectivity index (χ1) is 7.44. The molecule has 0 saturated carbocycles. The molecule has 0 bridgehead atoms. The molecule has 7 heteroatoms. The average Bonchev–Trinajstić information content (AvgIpc) is 2.15. The molecule has 0 aliphatic carbocycles. The maximum absolute atomic E-state index is 12.2. The molecule has 0 spiro atoms. The smallest absolute Gasteiger partial charge is 0.303 e. The van der Waals surface area contributed by atoms with Crippen LogP contribution in [0.4, 0.5) is 0 Å². The molecule has 1 heterocycles. The lowest BCUT2D eigenvalue weighted by Crippen LogP contribution is -2.51. The number of rotatable bonds is 2. The van der Waals surface area contributed by atoms with Gasteiger partial charge in [0.25, 0.3) is 0 Å². The number of hydrogen-bond acceptors (Lipinski definition) is 3. The molecule has 2 N–H and O–H groups in total. The van der Waals surface area contributed by atoms with E-state index in [1.165, 1.54) is 0 Å². The third kappa shape index (κ3) is 4.02. The van der Waals surface area contributed by atoms with Gasteiger partial charge in [-0.3, -0.25) is 4.52 Å². The lowest BCUT2D eigenvalue weighted by Gasteiger charge is -2.40. The molecule has 0 aromatic rings. The van der Waals surface area contributed by atoms with Crippen LogP contribution in [0, 0.1) is 0 Å². The van der Waals surface area contributed by atoms with Crippen molar-refractivity contribution in [3.63, 3.8) is 0 Å². The second kappa shape index (κ2) is 4.61. The minimum Gasteiger partial charge on any atom is -0.303 e. The van der Waals surface area contributed by atoms with E-state index in [0.29, 0.717) is 19.3 Å². The fraction of sp³-hybridized carbons (Fsp3) is 1.00. The summed E-state index contributed by atoms with van der Waals surface area (Å²) in [6.07, 6.45) is 0.750. The van der Waals surface area contributed by atoms with Gasteiger partial charge in [-0.15, -0.1) is 10.3 Å². The third-order valence-corrected chi connectivity index (χ3v) is 3.76. The molecule has 1 unspecified atom stereocenters. The van der Waals surface area contributed by atoms with Gasteiger partial charge in [0, 0.05) is 11.1 Å². The summed E-state index contributed by atoms with van der Waals surface area (Å²) in [5, 5.41) is 13.2. The van der Waals surface area contributed by atoms with Crippen molar-refractivity contribution in [1.29, 1.82) is 0 Å². The summed E-state index contributed by atoms with van der Waals surface area (Å²) in [6, 6.07) is 0. The Balaban J connectivity index is 2.86. The fourth-order valence-corrected chi connectivity index (χ4v) is 3.03. The maximum atomic E-state index is 12.2. The second-order valence-corrected chi connectivity index (χ2v) is 7.07. The van der Waals surface area contributed by atoms with Crippen molar-refractivity contribution in [2.75, 3.05) is 0 Å². The largest absolute Gasteiger partial charge is 0.469 e. The predicted octanol–water partition coefficient (Wildman–Crippen LogP) is 1.85. The molecule has 1 rings (SSSR count). The quantitative estimate of drug-likeness (QED) is 0.744. The molecule has 1 saturated heterocycles. The van der Waals surface area contributed by atoms with E-state index in [1.807, 2.05) is 13.8 Å². The van der Waals surface area contributed by atoms with E-state index < -0.39 is 25.0 Å². The summed E-state index contributed by atoms with van der Waals surface area (Å²) in [5.74, 6) is 0. The Kier molecular flexibility index (Phi) is 4.09. The van der Waals surface area contributed by atoms with Crippen LogP contribution in [0.2, 0.25) is 0 Å². The van der Waals surface area contributed by atoms with Crippen molar-refractivity contribution in [2.24, 2.45) is 0 Å². The molecule has 17 heavy (non-hydrogen) atoms. The molecule has 0 amide bonds. The van der Waals surface area contributed by atoms with Crippen molar-refractivity contribution in [3.8, 4) is 0 Å². The van der Waals surface area contributed by atoms with E-state index in [1.54, 1.807) is 13.8 Å². The minimum atomic E-state index is -4.49. The highest BCUT2D eigenvalue weighted by molar-refractivity contribution is 7.46. The molecule has 1 radical (unpaired) electrons. The minimum absolute atomic E-state index is 0.311. The zero-order chi connectivity index (χ0) is 13.5. The summed E-state index contributed by atoms with van der Waals surface area (Å²) >= 11 is 0. The lowest BCUT2D eigenvalue weighted by molar-refractivity contribution is -0.270. The van der Waals surface area contributed by atoms with Crippen LogP contribution in [-0.4, -0.2) is 32.0 Å². The van der Waals surface area contributed by atoms with Gasteiger partial charge >= 0.3 is 7.82 Å². The third-order valence-electron chi connectivity index (χ3n) is 3.19. The van der Waals surface area contributed by atoms with E-state index in [0.717, 1.165) is 5.06 Å². The van der Waals surface area contributed by atoms with E-state index >= 15 is 0 Å². The normalized spacial score (nSPS) is 29.9. The van der Waals surface area contributed by atoms with Crippen LogP contribution in [0.15, 0.2) is 0 Å². The zero-order valence-corrected chi connectivity index (χ0v) is 11.6. The Morgan fingerprint density at radius 3 is 2.24 bits per heavy atom. The molecule has 1 aliphatic rings. The van der Waals surface area contributed by atoms with E-state index in [2.05, 4.69) is 0 Å². The summed E-state index contributed by atoms with van der Waals surface area (Å²) < 4.78 is 15.6. The zero-order valence-electron chi connectivity index (χ0n) is 10.7. The number of hydrogen-bond donors (Lipinski definition) is 2. The first-order valence-corrected chi connectivity index (χ1v) is 7.18. The van der Waals surface area contributed by atoms with Crippen LogP contribution in [0.3, 0.4) is 0 Å². The molecular formula is C10H21NO5P. The number of nitrogens with zero attached hydrogens (tertiary/aromatic N) is 1. The number of hydroxylamine groups is 2. The SMILES string of the molecule is CC1(C)CCC(OP(=O)(O)O)CC(C)(C)N1[O]. The average molecular weight is 266 g/mol. The Morgan fingerprint density at radius 2 is 1.76 bits per heavy atom. The monoisotopic (exact) mass is 266 g/mol. The van der Waals surface area contributed by atoms with Crippen molar-refractivity contribution in [1.82, 2.24) is 5.06 Å². The number of phosphoric acid groups is 1. The first kappa shape index (κ1) is 15.1. The van der Waals surface area contributed by atoms with E-state index in [-0.39, 0.29) is 0 Å². The topological polar surface area (TPSA) is 89.9 Å². The standard InChI is InChI=1S/C10H21NO5P/c1-9(2)6-5-8(16-17(13,14)15)7-10(3,4)11(9)12/h8H,5-7H2,1-4H3,(H2,13,14,15). The first-order valence-electron chi connectivity index (χ1n) is 5.65. The van der Waals surface area contributed by atoms with Crippen LogP contribution >= 0.6 is 7.82 Å². The second-order valence-electron chi connectivity index (χ2n) is 5.88. The van der Waals surface area contributed by atoms with Gasteiger partial charge in [0.05, 0.1) is 6.10 Å². The molecule has 6 nitrogen and oxygen atoms in total. The highest BCUT2D eigenvalue weighted by Gasteiger charge is 2.44. The summed E-state index contributed by atoms with van der Waals surface area (Å²) in [6.45, 7) is 7.20. The Morgan fingerprint density at radius 1 is 1.24 bits per heavy atom. The van der Waals surface area contributed by atoms with E-state index in [4.69, 9.17) is 14.3 Å². The van der Waals surface area contributed by atoms with Gasteiger partial charge in [-0.05, 0) is 47.0 Å². The summed E-state index contributed by atoms with van der Waals surface area (Å²) in [4.78, 5) is 17.7. The number of phosphoric ester groups is 1. The highest BCUT2D eigenvalue weighted by Crippen LogP contribution is 2.44. The van der Waals surface area contributed by atoms with Crippen LogP contribution in [0.25, 0.3) is 0 Å². The van der Waals surface area contributed by atoms with Gasteiger partial charge in [-0.1, -0.05) is 0 Å². The van der Waals surface area contributed by atoms with Gasteiger partial charge in [0.2, 0.25) is 0 Å². The van der Waals surface area contributed by atoms with Crippen LogP contribution in [0.1, 0.15) is 47.0 Å². The molecule has 0 aromatic heterocycles. The fourth-order valence-electron chi connectivity index (χ4n) is 2.46. The van der Waals surface area contributed by atoms with Crippen LogP contribution in [0.5, 0.6) is 0 Å². The molecule has 1 aliphatic heterocycles. The van der Waals surface area contributed by atoms with Crippen molar-refractivity contribution in [3.05, 3.63) is 0 Å². The summed E-state index contributed by atoms with van der Waals surface area (Å²) in [7, 11) is -4.49.